The van der Waals surface area contributed by atoms with Gasteiger partial charge in [0.25, 0.3) is 0 Å². The number of amides is 1. The molecule has 2 aliphatic rings. The number of carbonyl (C=O) groups is 1. The number of nitrogens with zero attached hydrogens (tertiary/aromatic N) is 6. The maximum atomic E-state index is 12.7. The van der Waals surface area contributed by atoms with E-state index in [1.54, 1.807) is 17.0 Å². The van der Waals surface area contributed by atoms with Gasteiger partial charge < -0.3 is 9.64 Å². The van der Waals surface area contributed by atoms with Gasteiger partial charge in [-0.05, 0) is 31.2 Å². The van der Waals surface area contributed by atoms with Gasteiger partial charge in [0, 0.05) is 33.2 Å². The molecule has 0 radical (unpaired) electrons. The number of piperazine rings is 1. The second kappa shape index (κ2) is 8.26. The molecule has 3 rings (SSSR count). The van der Waals surface area contributed by atoms with Crippen molar-refractivity contribution in [3.05, 3.63) is 24.3 Å². The summed E-state index contributed by atoms with van der Waals surface area (Å²) >= 11 is 0. The zero-order chi connectivity index (χ0) is 22.1. The summed E-state index contributed by atoms with van der Waals surface area (Å²) in [6.45, 7) is 2.42. The lowest BCUT2D eigenvalue weighted by molar-refractivity contribution is -0.274. The smallest absolute Gasteiger partial charge is 0.406 e. The summed E-state index contributed by atoms with van der Waals surface area (Å²) in [5.41, 5.74) is 0. The maximum absolute atomic E-state index is 12.7. The Bertz CT molecular complexity index is 901. The lowest BCUT2D eigenvalue weighted by Gasteiger charge is -2.35. The average Bonchev–Trinajstić information content (AvgIpc) is 2.99. The van der Waals surface area contributed by atoms with Crippen molar-refractivity contribution in [1.29, 1.82) is 0 Å². The van der Waals surface area contributed by atoms with Crippen molar-refractivity contribution < 1.29 is 31.1 Å². The second-order valence-electron chi connectivity index (χ2n) is 6.79. The molecule has 14 heteroatoms. The highest BCUT2D eigenvalue weighted by molar-refractivity contribution is 7.89. The highest BCUT2D eigenvalue weighted by Gasteiger charge is 2.33. The largest absolute Gasteiger partial charge is 0.573 e. The van der Waals surface area contributed by atoms with Crippen LogP contribution in [-0.4, -0.2) is 85.8 Å². The number of hydrogen-bond acceptors (Lipinski definition) is 8. The molecule has 0 saturated carbocycles. The number of ether oxygens (including phenoxy) is 1. The number of hydrogen-bond donors (Lipinski definition) is 0. The van der Waals surface area contributed by atoms with Crippen molar-refractivity contribution in [2.45, 2.75) is 24.3 Å². The van der Waals surface area contributed by atoms with Crippen LogP contribution in [0.4, 0.5) is 13.2 Å². The average molecular weight is 450 g/mol. The third-order valence-electron chi connectivity index (χ3n) is 4.85. The van der Waals surface area contributed by atoms with Gasteiger partial charge in [-0.2, -0.15) is 4.31 Å². The number of sulfonamides is 1. The van der Waals surface area contributed by atoms with Crippen LogP contribution in [-0.2, 0) is 14.8 Å². The summed E-state index contributed by atoms with van der Waals surface area (Å²) in [6.07, 6.45) is -5.01. The Morgan fingerprint density at radius 2 is 1.73 bits per heavy atom. The highest BCUT2D eigenvalue weighted by atomic mass is 32.2. The maximum Gasteiger partial charge on any atom is 0.573 e. The molecule has 2 aliphatic heterocycles. The van der Waals surface area contributed by atoms with Crippen molar-refractivity contribution in [3.8, 4) is 5.75 Å². The molecule has 0 aromatic heterocycles. The van der Waals surface area contributed by atoms with E-state index in [4.69, 9.17) is 0 Å². The van der Waals surface area contributed by atoms with E-state index in [0.717, 1.165) is 24.3 Å². The van der Waals surface area contributed by atoms with Gasteiger partial charge in [-0.3, -0.25) is 9.80 Å². The monoisotopic (exact) mass is 450 g/mol. The van der Waals surface area contributed by atoms with Gasteiger partial charge in [-0.15, -0.1) is 13.2 Å². The minimum absolute atomic E-state index is 0.0302. The Morgan fingerprint density at radius 1 is 1.13 bits per heavy atom. The van der Waals surface area contributed by atoms with Crippen LogP contribution in [0.1, 0.15) is 6.92 Å². The van der Waals surface area contributed by atoms with Crippen molar-refractivity contribution in [1.82, 2.24) is 19.2 Å². The Hall–Kier alpha value is -2.61. The molecule has 1 fully saturated rings. The lowest BCUT2D eigenvalue weighted by Crippen LogP contribution is -2.52. The minimum Gasteiger partial charge on any atom is -0.406 e. The van der Waals surface area contributed by atoms with Crippen molar-refractivity contribution in [3.63, 3.8) is 0 Å². The molecule has 10 nitrogen and oxygen atoms in total. The van der Waals surface area contributed by atoms with Crippen LogP contribution in [0.2, 0.25) is 0 Å². The molecule has 1 saturated heterocycles. The van der Waals surface area contributed by atoms with E-state index in [9.17, 15) is 26.4 Å². The van der Waals surface area contributed by atoms with Crippen molar-refractivity contribution in [2.75, 3.05) is 39.8 Å². The third kappa shape index (κ3) is 4.92. The van der Waals surface area contributed by atoms with Crippen molar-refractivity contribution >= 4 is 15.9 Å². The summed E-state index contributed by atoms with van der Waals surface area (Å²) in [7, 11) is -2.16. The number of benzene rings is 1. The number of rotatable bonds is 5. The van der Waals surface area contributed by atoms with E-state index < -0.39 is 22.1 Å². The molecule has 166 valence electrons. The van der Waals surface area contributed by atoms with Gasteiger partial charge in [-0.25, -0.2) is 13.4 Å². The van der Waals surface area contributed by atoms with Crippen LogP contribution in [0, 0.1) is 0 Å². The third-order valence-corrected chi connectivity index (χ3v) is 6.76. The van der Waals surface area contributed by atoms with E-state index in [0.29, 0.717) is 0 Å². The quantitative estimate of drug-likeness (QED) is 0.671. The molecule has 1 aromatic carbocycles. The molecule has 0 N–H and O–H groups in total. The fourth-order valence-electron chi connectivity index (χ4n) is 3.00. The normalized spacial score (nSPS) is 20.7. The van der Waals surface area contributed by atoms with Crippen LogP contribution >= 0.6 is 0 Å². The molecular weight excluding hydrogens is 429 g/mol. The van der Waals surface area contributed by atoms with Gasteiger partial charge in [0.05, 0.1) is 4.90 Å². The first-order valence-electron chi connectivity index (χ1n) is 9.02. The molecule has 1 unspecified atom stereocenters. The zero-order valence-electron chi connectivity index (χ0n) is 16.3. The first-order chi connectivity index (χ1) is 14.0. The predicted octanol–water partition coefficient (Wildman–Crippen LogP) is 1.29. The molecule has 1 amide bonds. The summed E-state index contributed by atoms with van der Waals surface area (Å²) in [5.74, 6) is -0.697. The number of halogens is 3. The summed E-state index contributed by atoms with van der Waals surface area (Å²) < 4.78 is 67.1. The summed E-state index contributed by atoms with van der Waals surface area (Å²) in [6, 6.07) is 4.01. The standard InChI is InChI=1S/C16H21F3N6O4S/c1-12-22(2)20-21-25(12)11-15(26)23-7-9-24(10-8-23)30(27,28)14-5-3-13(4-6-14)29-16(17,18)19/h3-6,12H,7-11H2,1-2H3. The molecule has 1 atom stereocenters. The molecule has 0 bridgehead atoms. The summed E-state index contributed by atoms with van der Waals surface area (Å²) in [4.78, 5) is 13.9. The zero-order valence-corrected chi connectivity index (χ0v) is 17.1. The van der Waals surface area contributed by atoms with Crippen LogP contribution < -0.4 is 4.74 Å². The van der Waals surface area contributed by atoms with Gasteiger partial charge in [0.15, 0.2) is 0 Å². The highest BCUT2D eigenvalue weighted by Crippen LogP contribution is 2.25. The van der Waals surface area contributed by atoms with Crippen LogP contribution in [0.5, 0.6) is 5.75 Å². The fraction of sp³-hybridized carbons (Fsp3) is 0.562. The van der Waals surface area contributed by atoms with E-state index in [1.807, 2.05) is 6.92 Å². The fourth-order valence-corrected chi connectivity index (χ4v) is 4.42. The van der Waals surface area contributed by atoms with Crippen molar-refractivity contribution in [2.24, 2.45) is 10.4 Å². The lowest BCUT2D eigenvalue weighted by atomic mass is 10.3. The van der Waals surface area contributed by atoms with Gasteiger partial charge in [-0.1, -0.05) is 10.4 Å². The minimum atomic E-state index is -4.85. The van der Waals surface area contributed by atoms with E-state index in [1.165, 1.54) is 9.31 Å². The summed E-state index contributed by atoms with van der Waals surface area (Å²) in [5, 5.41) is 10.9. The van der Waals surface area contributed by atoms with Gasteiger partial charge >= 0.3 is 6.36 Å². The predicted molar refractivity (Wildman–Crippen MR) is 97.3 cm³/mol. The Morgan fingerprint density at radius 3 is 2.23 bits per heavy atom. The first-order valence-corrected chi connectivity index (χ1v) is 10.5. The van der Waals surface area contributed by atoms with Gasteiger partial charge in [0.2, 0.25) is 15.9 Å². The van der Waals surface area contributed by atoms with Crippen LogP contribution in [0.15, 0.2) is 39.6 Å². The molecule has 2 heterocycles. The molecule has 1 aromatic rings. The Labute approximate surface area is 171 Å². The Kier molecular flexibility index (Phi) is 6.08. The van der Waals surface area contributed by atoms with Crippen LogP contribution in [0.25, 0.3) is 0 Å². The molecular formula is C16H21F3N6O4S. The second-order valence-corrected chi connectivity index (χ2v) is 8.72. The van der Waals surface area contributed by atoms with Gasteiger partial charge in [0.1, 0.15) is 18.5 Å². The molecule has 0 spiro atoms. The van der Waals surface area contributed by atoms with E-state index >= 15 is 0 Å². The SMILES string of the molecule is CC1N(C)N=NN1CC(=O)N1CCN(S(=O)(=O)c2ccc(OC(F)(F)F)cc2)CC1. The first kappa shape index (κ1) is 22.1. The number of carbonyl (C=O) groups excluding carboxylic acids is 1. The molecule has 0 aliphatic carbocycles. The molecule has 30 heavy (non-hydrogen) atoms. The number of alkyl halides is 3. The topological polar surface area (TPSA) is 98.1 Å². The van der Waals surface area contributed by atoms with E-state index in [2.05, 4.69) is 15.2 Å². The van der Waals surface area contributed by atoms with E-state index in [-0.39, 0.29) is 49.7 Å². The Balaban J connectivity index is 1.57. The van der Waals surface area contributed by atoms with Crippen LogP contribution in [0.3, 0.4) is 0 Å².